The number of para-hydroxylation sites is 2. The molecule has 0 bridgehead atoms. The molecule has 1 aromatic carbocycles. The first-order valence-corrected chi connectivity index (χ1v) is 10.1. The molecular formula is C23H23N5O3. The van der Waals surface area contributed by atoms with Gasteiger partial charge < -0.3 is 19.9 Å². The molecule has 0 saturated carbocycles. The highest BCUT2D eigenvalue weighted by Crippen LogP contribution is 2.30. The number of benzene rings is 1. The maximum atomic E-state index is 12.9. The molecule has 0 spiro atoms. The van der Waals surface area contributed by atoms with E-state index in [1.54, 1.807) is 60.2 Å². The minimum atomic E-state index is -0.287. The maximum Gasteiger partial charge on any atom is 0.246 e. The van der Waals surface area contributed by atoms with Gasteiger partial charge >= 0.3 is 0 Å². The van der Waals surface area contributed by atoms with Crippen LogP contribution in [0.25, 0.3) is 6.08 Å². The van der Waals surface area contributed by atoms with Crippen molar-refractivity contribution in [2.45, 2.75) is 12.8 Å². The van der Waals surface area contributed by atoms with Crippen LogP contribution in [0.5, 0.6) is 11.5 Å². The van der Waals surface area contributed by atoms with E-state index in [1.165, 1.54) is 6.08 Å². The summed E-state index contributed by atoms with van der Waals surface area (Å²) in [7, 11) is 0. The average Bonchev–Trinajstić information content (AvgIpc) is 3.33. The number of amides is 2. The number of anilines is 1. The van der Waals surface area contributed by atoms with Crippen LogP contribution in [-0.4, -0.2) is 44.8 Å². The second-order valence-corrected chi connectivity index (χ2v) is 7.24. The standard InChI is InChI=1S/C23H23N5O3/c29-22(10-9-18-13-25-16-26-18)28-12-4-5-17(15-28)23(30)27-20-7-1-2-8-21(20)31-19-6-3-11-24-14-19/h1-3,6-11,13-14,16-17H,4-5,12,15H2,(H,25,26)(H,27,30)/b10-9+. The number of hydrogen-bond acceptors (Lipinski definition) is 5. The third-order valence-corrected chi connectivity index (χ3v) is 5.04. The van der Waals surface area contributed by atoms with E-state index in [2.05, 4.69) is 20.3 Å². The first-order valence-electron chi connectivity index (χ1n) is 10.1. The lowest BCUT2D eigenvalue weighted by Crippen LogP contribution is -2.43. The minimum Gasteiger partial charge on any atom is -0.454 e. The molecule has 1 aliphatic heterocycles. The number of carbonyl (C=O) groups is 2. The molecular weight excluding hydrogens is 394 g/mol. The Labute approximate surface area is 180 Å². The highest BCUT2D eigenvalue weighted by Gasteiger charge is 2.28. The van der Waals surface area contributed by atoms with Crippen molar-refractivity contribution in [3.8, 4) is 11.5 Å². The zero-order valence-corrected chi connectivity index (χ0v) is 16.9. The molecule has 1 aliphatic rings. The van der Waals surface area contributed by atoms with Crippen LogP contribution in [0.15, 0.2) is 67.4 Å². The fraction of sp³-hybridized carbons (Fsp3) is 0.217. The van der Waals surface area contributed by atoms with Crippen LogP contribution < -0.4 is 10.1 Å². The van der Waals surface area contributed by atoms with Crippen molar-refractivity contribution >= 4 is 23.6 Å². The number of H-pyrrole nitrogens is 1. The van der Waals surface area contributed by atoms with E-state index in [4.69, 9.17) is 4.74 Å². The van der Waals surface area contributed by atoms with Crippen molar-refractivity contribution in [2.24, 2.45) is 5.92 Å². The second kappa shape index (κ2) is 9.71. The van der Waals surface area contributed by atoms with Crippen molar-refractivity contribution < 1.29 is 14.3 Å². The van der Waals surface area contributed by atoms with Crippen LogP contribution in [0.2, 0.25) is 0 Å². The topological polar surface area (TPSA) is 100 Å². The van der Waals surface area contributed by atoms with Gasteiger partial charge in [-0.1, -0.05) is 12.1 Å². The van der Waals surface area contributed by atoms with Gasteiger partial charge in [0.05, 0.1) is 36.0 Å². The Hall–Kier alpha value is -3.94. The summed E-state index contributed by atoms with van der Waals surface area (Å²) < 4.78 is 5.87. The molecule has 8 heteroatoms. The normalized spacial score (nSPS) is 16.3. The summed E-state index contributed by atoms with van der Waals surface area (Å²) in [5.74, 6) is 0.590. The molecule has 1 saturated heterocycles. The quantitative estimate of drug-likeness (QED) is 0.598. The summed E-state index contributed by atoms with van der Waals surface area (Å²) in [5, 5.41) is 2.96. The summed E-state index contributed by atoms with van der Waals surface area (Å²) in [4.78, 5) is 38.1. The molecule has 2 aromatic heterocycles. The summed E-state index contributed by atoms with van der Waals surface area (Å²) in [5.41, 5.74) is 1.34. The van der Waals surface area contributed by atoms with E-state index in [-0.39, 0.29) is 17.7 Å². The van der Waals surface area contributed by atoms with Gasteiger partial charge in [-0.25, -0.2) is 4.98 Å². The molecule has 4 rings (SSSR count). The van der Waals surface area contributed by atoms with E-state index in [0.717, 1.165) is 18.5 Å². The second-order valence-electron chi connectivity index (χ2n) is 7.24. The Bertz CT molecular complexity index is 1050. The molecule has 2 amide bonds. The van der Waals surface area contributed by atoms with Crippen molar-refractivity contribution in [3.05, 3.63) is 73.1 Å². The fourth-order valence-corrected chi connectivity index (χ4v) is 3.44. The van der Waals surface area contributed by atoms with Gasteiger partial charge in [0.1, 0.15) is 5.75 Å². The van der Waals surface area contributed by atoms with Gasteiger partial charge in [0.25, 0.3) is 0 Å². The lowest BCUT2D eigenvalue weighted by atomic mass is 9.97. The Morgan fingerprint density at radius 3 is 2.87 bits per heavy atom. The van der Waals surface area contributed by atoms with Crippen LogP contribution in [0.1, 0.15) is 18.5 Å². The highest BCUT2D eigenvalue weighted by molar-refractivity contribution is 5.95. The Morgan fingerprint density at radius 2 is 2.06 bits per heavy atom. The zero-order chi connectivity index (χ0) is 21.5. The summed E-state index contributed by atoms with van der Waals surface area (Å²) in [6, 6.07) is 10.8. The number of piperidine rings is 1. The molecule has 0 radical (unpaired) electrons. The van der Waals surface area contributed by atoms with Gasteiger partial charge in [0.2, 0.25) is 11.8 Å². The Kier molecular flexibility index (Phi) is 6.37. The number of ether oxygens (including phenoxy) is 1. The molecule has 1 atom stereocenters. The summed E-state index contributed by atoms with van der Waals surface area (Å²) in [6.07, 6.45) is 11.2. The van der Waals surface area contributed by atoms with Crippen LogP contribution in [0, 0.1) is 5.92 Å². The lowest BCUT2D eigenvalue weighted by Gasteiger charge is -2.31. The number of likely N-dealkylation sites (tertiary alicyclic amines) is 1. The van der Waals surface area contributed by atoms with E-state index in [9.17, 15) is 9.59 Å². The summed E-state index contributed by atoms with van der Waals surface area (Å²) in [6.45, 7) is 1.01. The predicted octanol–water partition coefficient (Wildman–Crippen LogP) is 3.49. The molecule has 8 nitrogen and oxygen atoms in total. The smallest absolute Gasteiger partial charge is 0.246 e. The van der Waals surface area contributed by atoms with Gasteiger partial charge in [0.15, 0.2) is 5.75 Å². The number of pyridine rings is 1. The fourth-order valence-electron chi connectivity index (χ4n) is 3.44. The lowest BCUT2D eigenvalue weighted by molar-refractivity contribution is -0.130. The summed E-state index contributed by atoms with van der Waals surface area (Å²) >= 11 is 0. The monoisotopic (exact) mass is 417 g/mol. The number of nitrogens with one attached hydrogen (secondary N) is 2. The molecule has 3 heterocycles. The third kappa shape index (κ3) is 5.36. The Morgan fingerprint density at radius 1 is 1.16 bits per heavy atom. The zero-order valence-electron chi connectivity index (χ0n) is 16.9. The van der Waals surface area contributed by atoms with E-state index in [0.29, 0.717) is 30.3 Å². The molecule has 3 aromatic rings. The maximum absolute atomic E-state index is 12.9. The number of aromatic amines is 1. The first-order chi connectivity index (χ1) is 15.2. The third-order valence-electron chi connectivity index (χ3n) is 5.04. The van der Waals surface area contributed by atoms with Crippen molar-refractivity contribution in [3.63, 3.8) is 0 Å². The van der Waals surface area contributed by atoms with E-state index in [1.807, 2.05) is 12.1 Å². The van der Waals surface area contributed by atoms with Crippen molar-refractivity contribution in [2.75, 3.05) is 18.4 Å². The van der Waals surface area contributed by atoms with Gasteiger partial charge in [-0.05, 0) is 43.2 Å². The van der Waals surface area contributed by atoms with Gasteiger partial charge in [-0.15, -0.1) is 0 Å². The SMILES string of the molecule is O=C(Nc1ccccc1Oc1cccnc1)C1CCCN(C(=O)/C=C/c2cnc[nH]2)C1. The van der Waals surface area contributed by atoms with Crippen LogP contribution in [-0.2, 0) is 9.59 Å². The number of imidazole rings is 1. The van der Waals surface area contributed by atoms with Crippen molar-refractivity contribution in [1.29, 1.82) is 0 Å². The predicted molar refractivity (Wildman–Crippen MR) is 116 cm³/mol. The highest BCUT2D eigenvalue weighted by atomic mass is 16.5. The number of hydrogen-bond donors (Lipinski definition) is 2. The molecule has 1 fully saturated rings. The Balaban J connectivity index is 1.39. The van der Waals surface area contributed by atoms with Gasteiger partial charge in [-0.3, -0.25) is 14.6 Å². The van der Waals surface area contributed by atoms with Crippen LogP contribution in [0.3, 0.4) is 0 Å². The van der Waals surface area contributed by atoms with Gasteiger partial charge in [0, 0.05) is 25.4 Å². The van der Waals surface area contributed by atoms with Crippen LogP contribution >= 0.6 is 0 Å². The van der Waals surface area contributed by atoms with Gasteiger partial charge in [-0.2, -0.15) is 0 Å². The molecule has 2 N–H and O–H groups in total. The van der Waals surface area contributed by atoms with E-state index >= 15 is 0 Å². The molecule has 158 valence electrons. The first kappa shape index (κ1) is 20.3. The number of nitrogens with zero attached hydrogens (tertiary/aromatic N) is 3. The average molecular weight is 417 g/mol. The minimum absolute atomic E-state index is 0.118. The number of rotatable bonds is 6. The molecule has 1 unspecified atom stereocenters. The van der Waals surface area contributed by atoms with Crippen LogP contribution in [0.4, 0.5) is 5.69 Å². The number of carbonyl (C=O) groups excluding carboxylic acids is 2. The largest absolute Gasteiger partial charge is 0.454 e. The molecule has 0 aliphatic carbocycles. The van der Waals surface area contributed by atoms with Crippen molar-refractivity contribution in [1.82, 2.24) is 19.9 Å². The number of aromatic nitrogens is 3. The molecule has 31 heavy (non-hydrogen) atoms. The van der Waals surface area contributed by atoms with E-state index < -0.39 is 0 Å².